The van der Waals surface area contributed by atoms with Gasteiger partial charge in [0.15, 0.2) is 0 Å². The first-order chi connectivity index (χ1) is 8.67. The zero-order valence-corrected chi connectivity index (χ0v) is 11.2. The van der Waals surface area contributed by atoms with Crippen LogP contribution < -0.4 is 4.90 Å². The molecule has 1 aromatic carbocycles. The number of fused-ring (bicyclic) bond motifs is 1. The molecule has 3 heteroatoms. The van der Waals surface area contributed by atoms with Gasteiger partial charge in [-0.1, -0.05) is 25.1 Å². The topological polar surface area (TPSA) is 36.4 Å². The molecule has 3 nitrogen and oxygen atoms in total. The molecule has 0 saturated carbocycles. The first-order valence-corrected chi connectivity index (χ1v) is 6.39. The van der Waals surface area contributed by atoms with Crippen molar-refractivity contribution in [3.05, 3.63) is 36.0 Å². The number of pyridine rings is 1. The minimum Gasteiger partial charge on any atom is -0.390 e. The third-order valence-corrected chi connectivity index (χ3v) is 3.54. The molecule has 1 N–H and O–H groups in total. The molecule has 1 atom stereocenters. The number of nitrogens with zero attached hydrogens (tertiary/aromatic N) is 2. The summed E-state index contributed by atoms with van der Waals surface area (Å²) in [5.74, 6) is 0. The van der Waals surface area contributed by atoms with Crippen LogP contribution in [0.2, 0.25) is 0 Å². The van der Waals surface area contributed by atoms with Crippen molar-refractivity contribution >= 4 is 16.6 Å². The Hall–Kier alpha value is -1.61. The number of aromatic nitrogens is 1. The van der Waals surface area contributed by atoms with Gasteiger partial charge in [0.05, 0.1) is 17.8 Å². The van der Waals surface area contributed by atoms with Gasteiger partial charge in [-0.2, -0.15) is 0 Å². The molecule has 0 aliphatic heterocycles. The molecular formula is C15H20N2O. The number of aliphatic hydroxyl groups is 1. The van der Waals surface area contributed by atoms with Gasteiger partial charge in [0.25, 0.3) is 0 Å². The molecule has 0 fully saturated rings. The summed E-state index contributed by atoms with van der Waals surface area (Å²) in [6, 6.07) is 10.5. The van der Waals surface area contributed by atoms with E-state index in [9.17, 15) is 5.11 Å². The summed E-state index contributed by atoms with van der Waals surface area (Å²) in [6.07, 6.45) is 1.08. The van der Waals surface area contributed by atoms with Crippen molar-refractivity contribution in [1.29, 1.82) is 0 Å². The highest BCUT2D eigenvalue weighted by molar-refractivity contribution is 5.92. The first kappa shape index (κ1) is 12.8. The molecule has 18 heavy (non-hydrogen) atoms. The molecule has 0 spiro atoms. The van der Waals surface area contributed by atoms with E-state index in [0.717, 1.165) is 28.7 Å². The molecule has 1 heterocycles. The van der Waals surface area contributed by atoms with Crippen LogP contribution in [-0.4, -0.2) is 23.2 Å². The summed E-state index contributed by atoms with van der Waals surface area (Å²) in [5.41, 5.74) is 2.80. The van der Waals surface area contributed by atoms with Gasteiger partial charge in [-0.25, -0.2) is 0 Å². The second kappa shape index (κ2) is 5.36. The number of aliphatic hydroxyl groups excluding tert-OH is 1. The Bertz CT molecular complexity index is 539. The smallest absolute Gasteiger partial charge is 0.0854 e. The molecule has 1 aromatic heterocycles. The van der Waals surface area contributed by atoms with E-state index >= 15 is 0 Å². The van der Waals surface area contributed by atoms with Crippen LogP contribution in [0.1, 0.15) is 26.0 Å². The monoisotopic (exact) mass is 244 g/mol. The van der Waals surface area contributed by atoms with Gasteiger partial charge in [-0.05, 0) is 25.5 Å². The normalized spacial score (nSPS) is 12.7. The van der Waals surface area contributed by atoms with Crippen LogP contribution in [0, 0.1) is 0 Å². The SMILES string of the molecule is CCC(C)N(C)c1cc(CO)nc2ccccc12. The summed E-state index contributed by atoms with van der Waals surface area (Å²) >= 11 is 0. The molecule has 0 aliphatic rings. The fourth-order valence-electron chi connectivity index (χ4n) is 2.09. The fourth-order valence-corrected chi connectivity index (χ4v) is 2.09. The van der Waals surface area contributed by atoms with Gasteiger partial charge in [0.2, 0.25) is 0 Å². The summed E-state index contributed by atoms with van der Waals surface area (Å²) in [4.78, 5) is 6.70. The molecule has 0 amide bonds. The Balaban J connectivity index is 2.60. The number of hydrogen-bond donors (Lipinski definition) is 1. The van der Waals surface area contributed by atoms with Gasteiger partial charge >= 0.3 is 0 Å². The second-order valence-electron chi connectivity index (χ2n) is 4.68. The van der Waals surface area contributed by atoms with E-state index in [-0.39, 0.29) is 6.61 Å². The highest BCUT2D eigenvalue weighted by Crippen LogP contribution is 2.27. The van der Waals surface area contributed by atoms with Crippen molar-refractivity contribution in [3.8, 4) is 0 Å². The van der Waals surface area contributed by atoms with Crippen LogP contribution in [0.15, 0.2) is 30.3 Å². The van der Waals surface area contributed by atoms with Gasteiger partial charge in [-0.3, -0.25) is 4.98 Å². The number of benzene rings is 1. The van der Waals surface area contributed by atoms with E-state index in [4.69, 9.17) is 0 Å². The fraction of sp³-hybridized carbons (Fsp3) is 0.400. The van der Waals surface area contributed by atoms with E-state index in [2.05, 4.69) is 36.8 Å². The third kappa shape index (κ3) is 2.31. The van der Waals surface area contributed by atoms with Gasteiger partial charge in [-0.15, -0.1) is 0 Å². The predicted molar refractivity (Wildman–Crippen MR) is 75.8 cm³/mol. The van der Waals surface area contributed by atoms with Gasteiger partial charge in [0, 0.05) is 24.2 Å². The van der Waals surface area contributed by atoms with Gasteiger partial charge in [0.1, 0.15) is 0 Å². The molecular weight excluding hydrogens is 224 g/mol. The van der Waals surface area contributed by atoms with E-state index < -0.39 is 0 Å². The third-order valence-electron chi connectivity index (χ3n) is 3.54. The highest BCUT2D eigenvalue weighted by Gasteiger charge is 2.13. The molecule has 2 rings (SSSR count). The minimum absolute atomic E-state index is 0.0216. The Morgan fingerprint density at radius 3 is 2.72 bits per heavy atom. The lowest BCUT2D eigenvalue weighted by Crippen LogP contribution is -2.28. The van der Waals surface area contributed by atoms with Crippen LogP contribution >= 0.6 is 0 Å². The van der Waals surface area contributed by atoms with E-state index in [1.807, 2.05) is 24.3 Å². The highest BCUT2D eigenvalue weighted by atomic mass is 16.3. The van der Waals surface area contributed by atoms with Crippen molar-refractivity contribution in [1.82, 2.24) is 4.98 Å². The van der Waals surface area contributed by atoms with E-state index in [0.29, 0.717) is 6.04 Å². The zero-order chi connectivity index (χ0) is 13.1. The van der Waals surface area contributed by atoms with Crippen molar-refractivity contribution in [2.24, 2.45) is 0 Å². The number of hydrogen-bond acceptors (Lipinski definition) is 3. The predicted octanol–water partition coefficient (Wildman–Crippen LogP) is 2.96. The van der Waals surface area contributed by atoms with Crippen LogP contribution in [0.25, 0.3) is 10.9 Å². The van der Waals surface area contributed by atoms with E-state index in [1.165, 1.54) is 0 Å². The van der Waals surface area contributed by atoms with Crippen LogP contribution in [0.3, 0.4) is 0 Å². The average Bonchev–Trinajstić information content (AvgIpc) is 2.44. The summed E-state index contributed by atoms with van der Waals surface area (Å²) in [5, 5.41) is 10.5. The van der Waals surface area contributed by atoms with Crippen molar-refractivity contribution < 1.29 is 5.11 Å². The molecule has 2 aromatic rings. The van der Waals surface area contributed by atoms with Crippen LogP contribution in [0.5, 0.6) is 0 Å². The Morgan fingerprint density at radius 1 is 1.33 bits per heavy atom. The molecule has 0 saturated heterocycles. The summed E-state index contributed by atoms with van der Waals surface area (Å²) in [6.45, 7) is 4.36. The Kier molecular flexibility index (Phi) is 3.82. The van der Waals surface area contributed by atoms with E-state index in [1.54, 1.807) is 0 Å². The largest absolute Gasteiger partial charge is 0.390 e. The zero-order valence-electron chi connectivity index (χ0n) is 11.2. The quantitative estimate of drug-likeness (QED) is 0.898. The van der Waals surface area contributed by atoms with Crippen LogP contribution in [-0.2, 0) is 6.61 Å². The molecule has 0 radical (unpaired) electrons. The average molecular weight is 244 g/mol. The summed E-state index contributed by atoms with van der Waals surface area (Å²) in [7, 11) is 2.09. The van der Waals surface area contributed by atoms with Crippen LogP contribution in [0.4, 0.5) is 5.69 Å². The van der Waals surface area contributed by atoms with Crippen molar-refractivity contribution in [2.45, 2.75) is 32.9 Å². The van der Waals surface area contributed by atoms with Gasteiger partial charge < -0.3 is 10.0 Å². The molecule has 0 aliphatic carbocycles. The number of rotatable bonds is 4. The Labute approximate surface area is 108 Å². The van der Waals surface area contributed by atoms with Crippen molar-refractivity contribution in [2.75, 3.05) is 11.9 Å². The lowest BCUT2D eigenvalue weighted by atomic mass is 10.1. The second-order valence-corrected chi connectivity index (χ2v) is 4.68. The maximum Gasteiger partial charge on any atom is 0.0854 e. The number of anilines is 1. The maximum absolute atomic E-state index is 9.32. The first-order valence-electron chi connectivity index (χ1n) is 6.39. The molecule has 96 valence electrons. The molecule has 0 bridgehead atoms. The minimum atomic E-state index is -0.0216. The lowest BCUT2D eigenvalue weighted by Gasteiger charge is -2.27. The van der Waals surface area contributed by atoms with Crippen molar-refractivity contribution in [3.63, 3.8) is 0 Å². The number of para-hydroxylation sites is 1. The molecule has 1 unspecified atom stereocenters. The lowest BCUT2D eigenvalue weighted by molar-refractivity contribution is 0.277. The summed E-state index contributed by atoms with van der Waals surface area (Å²) < 4.78 is 0. The maximum atomic E-state index is 9.32. The Morgan fingerprint density at radius 2 is 2.06 bits per heavy atom. The standard InChI is InChI=1S/C15H20N2O/c1-4-11(2)17(3)15-9-12(10-18)16-14-8-6-5-7-13(14)15/h5-9,11,18H,4,10H2,1-3H3.